The van der Waals surface area contributed by atoms with Crippen molar-refractivity contribution in [2.45, 2.75) is 40.0 Å². The fourth-order valence-corrected chi connectivity index (χ4v) is 2.93. The van der Waals surface area contributed by atoms with Crippen LogP contribution in [0.5, 0.6) is 0 Å². The van der Waals surface area contributed by atoms with Gasteiger partial charge in [-0.15, -0.1) is 0 Å². The molecule has 1 fully saturated rings. The van der Waals surface area contributed by atoms with E-state index in [2.05, 4.69) is 31.0 Å². The zero-order valence-corrected chi connectivity index (χ0v) is 12.8. The van der Waals surface area contributed by atoms with E-state index in [0.29, 0.717) is 5.41 Å². The summed E-state index contributed by atoms with van der Waals surface area (Å²) in [6.45, 7) is 13.7. The van der Waals surface area contributed by atoms with E-state index in [1.807, 2.05) is 7.11 Å². The summed E-state index contributed by atoms with van der Waals surface area (Å²) in [4.78, 5) is 2.65. The first kappa shape index (κ1) is 15.9. The van der Waals surface area contributed by atoms with E-state index < -0.39 is 0 Å². The van der Waals surface area contributed by atoms with Crippen LogP contribution in [0.3, 0.4) is 0 Å². The molecule has 0 amide bonds. The van der Waals surface area contributed by atoms with Crippen molar-refractivity contribution in [1.29, 1.82) is 0 Å². The van der Waals surface area contributed by atoms with Gasteiger partial charge >= 0.3 is 0 Å². The first-order chi connectivity index (χ1) is 8.63. The van der Waals surface area contributed by atoms with E-state index in [4.69, 9.17) is 4.74 Å². The molecule has 0 saturated carbocycles. The molecule has 1 aliphatic heterocycles. The van der Waals surface area contributed by atoms with Crippen LogP contribution in [0.4, 0.5) is 0 Å². The summed E-state index contributed by atoms with van der Waals surface area (Å²) >= 11 is 0. The van der Waals surface area contributed by atoms with Gasteiger partial charge in [0, 0.05) is 26.7 Å². The van der Waals surface area contributed by atoms with E-state index in [-0.39, 0.29) is 0 Å². The molecular formula is C15H32N2O. The number of piperidine rings is 1. The number of rotatable bonds is 8. The van der Waals surface area contributed by atoms with Gasteiger partial charge in [0.1, 0.15) is 0 Å². The van der Waals surface area contributed by atoms with E-state index >= 15 is 0 Å². The normalized spacial score (nSPS) is 25.0. The predicted molar refractivity (Wildman–Crippen MR) is 78.0 cm³/mol. The Morgan fingerprint density at radius 3 is 2.78 bits per heavy atom. The summed E-state index contributed by atoms with van der Waals surface area (Å²) in [6, 6.07) is 0. The molecule has 3 nitrogen and oxygen atoms in total. The number of hydrogen-bond donors (Lipinski definition) is 1. The number of likely N-dealkylation sites (tertiary alicyclic amines) is 1. The van der Waals surface area contributed by atoms with Crippen molar-refractivity contribution in [2.75, 3.05) is 46.4 Å². The standard InChI is InChI=1S/C15H32N2O/c1-5-15(3,12-16-6-2)13-17-9-7-8-14(10-17)11-18-4/h14,16H,5-13H2,1-4H3. The Hall–Kier alpha value is -0.120. The van der Waals surface area contributed by atoms with Gasteiger partial charge < -0.3 is 15.0 Å². The van der Waals surface area contributed by atoms with Gasteiger partial charge in [-0.1, -0.05) is 20.8 Å². The van der Waals surface area contributed by atoms with Crippen LogP contribution in [0.2, 0.25) is 0 Å². The molecule has 1 aliphatic rings. The molecule has 0 spiro atoms. The number of ether oxygens (including phenoxy) is 1. The third kappa shape index (κ3) is 5.25. The maximum absolute atomic E-state index is 5.31. The quantitative estimate of drug-likeness (QED) is 0.721. The van der Waals surface area contributed by atoms with Crippen molar-refractivity contribution in [3.05, 3.63) is 0 Å². The largest absolute Gasteiger partial charge is 0.384 e. The molecular weight excluding hydrogens is 224 g/mol. The van der Waals surface area contributed by atoms with Gasteiger partial charge in [0.25, 0.3) is 0 Å². The highest BCUT2D eigenvalue weighted by Gasteiger charge is 2.28. The number of nitrogens with one attached hydrogen (secondary N) is 1. The van der Waals surface area contributed by atoms with E-state index in [1.165, 1.54) is 38.9 Å². The Labute approximate surface area is 113 Å². The molecule has 2 unspecified atom stereocenters. The second kappa shape index (κ2) is 8.13. The molecule has 0 aliphatic carbocycles. The smallest absolute Gasteiger partial charge is 0.0502 e. The van der Waals surface area contributed by atoms with Crippen LogP contribution in [0, 0.1) is 11.3 Å². The van der Waals surface area contributed by atoms with Crippen LogP contribution < -0.4 is 5.32 Å². The van der Waals surface area contributed by atoms with Gasteiger partial charge in [-0.05, 0) is 43.7 Å². The molecule has 1 rings (SSSR count). The SMILES string of the molecule is CCNCC(C)(CC)CN1CCCC(COC)C1. The van der Waals surface area contributed by atoms with Crippen molar-refractivity contribution in [3.8, 4) is 0 Å². The molecule has 0 aromatic heterocycles. The second-order valence-corrected chi connectivity index (χ2v) is 6.14. The van der Waals surface area contributed by atoms with E-state index in [9.17, 15) is 0 Å². The number of hydrogen-bond acceptors (Lipinski definition) is 3. The van der Waals surface area contributed by atoms with Crippen molar-refractivity contribution in [2.24, 2.45) is 11.3 Å². The molecule has 1 saturated heterocycles. The molecule has 3 heteroatoms. The first-order valence-corrected chi connectivity index (χ1v) is 7.55. The maximum atomic E-state index is 5.31. The lowest BCUT2D eigenvalue weighted by molar-refractivity contribution is 0.0654. The van der Waals surface area contributed by atoms with Gasteiger partial charge in [0.2, 0.25) is 0 Å². The third-order valence-corrected chi connectivity index (χ3v) is 4.27. The van der Waals surface area contributed by atoms with Gasteiger partial charge in [-0.2, -0.15) is 0 Å². The summed E-state index contributed by atoms with van der Waals surface area (Å²) in [6.07, 6.45) is 3.90. The van der Waals surface area contributed by atoms with Crippen molar-refractivity contribution < 1.29 is 4.74 Å². The molecule has 108 valence electrons. The lowest BCUT2D eigenvalue weighted by Gasteiger charge is -2.39. The zero-order valence-electron chi connectivity index (χ0n) is 12.8. The maximum Gasteiger partial charge on any atom is 0.0502 e. The number of nitrogens with zero attached hydrogens (tertiary/aromatic N) is 1. The predicted octanol–water partition coefficient (Wildman–Crippen LogP) is 2.37. The Kier molecular flexibility index (Phi) is 7.20. The summed E-state index contributed by atoms with van der Waals surface area (Å²) in [7, 11) is 1.82. The van der Waals surface area contributed by atoms with Crippen LogP contribution in [0.25, 0.3) is 0 Å². The molecule has 18 heavy (non-hydrogen) atoms. The van der Waals surface area contributed by atoms with Crippen LogP contribution in [0.1, 0.15) is 40.0 Å². The van der Waals surface area contributed by atoms with Crippen molar-refractivity contribution >= 4 is 0 Å². The Morgan fingerprint density at radius 1 is 1.39 bits per heavy atom. The molecule has 1 N–H and O–H groups in total. The lowest BCUT2D eigenvalue weighted by atomic mass is 9.85. The van der Waals surface area contributed by atoms with Crippen LogP contribution in [0.15, 0.2) is 0 Å². The van der Waals surface area contributed by atoms with Gasteiger partial charge in [0.05, 0.1) is 6.61 Å². The second-order valence-electron chi connectivity index (χ2n) is 6.14. The van der Waals surface area contributed by atoms with E-state index in [1.54, 1.807) is 0 Å². The Morgan fingerprint density at radius 2 is 2.17 bits per heavy atom. The fraction of sp³-hybridized carbons (Fsp3) is 1.00. The van der Waals surface area contributed by atoms with Gasteiger partial charge in [-0.25, -0.2) is 0 Å². The molecule has 0 radical (unpaired) electrons. The molecule has 1 heterocycles. The monoisotopic (exact) mass is 256 g/mol. The minimum Gasteiger partial charge on any atom is -0.384 e. The summed E-state index contributed by atoms with van der Waals surface area (Å²) < 4.78 is 5.31. The van der Waals surface area contributed by atoms with Crippen LogP contribution in [-0.4, -0.2) is 51.3 Å². The summed E-state index contributed by atoms with van der Waals surface area (Å²) in [5, 5.41) is 3.51. The summed E-state index contributed by atoms with van der Waals surface area (Å²) in [5.41, 5.74) is 0.408. The van der Waals surface area contributed by atoms with Crippen molar-refractivity contribution in [1.82, 2.24) is 10.2 Å². The highest BCUT2D eigenvalue weighted by molar-refractivity contribution is 4.82. The average Bonchev–Trinajstić information content (AvgIpc) is 2.37. The van der Waals surface area contributed by atoms with Crippen molar-refractivity contribution in [3.63, 3.8) is 0 Å². The van der Waals surface area contributed by atoms with Gasteiger partial charge in [-0.3, -0.25) is 0 Å². The number of methoxy groups -OCH3 is 1. The average molecular weight is 256 g/mol. The minimum absolute atomic E-state index is 0.408. The third-order valence-electron chi connectivity index (χ3n) is 4.27. The first-order valence-electron chi connectivity index (χ1n) is 7.55. The fourth-order valence-electron chi connectivity index (χ4n) is 2.93. The highest BCUT2D eigenvalue weighted by Crippen LogP contribution is 2.25. The van der Waals surface area contributed by atoms with E-state index in [0.717, 1.165) is 25.6 Å². The van der Waals surface area contributed by atoms with Crippen LogP contribution in [-0.2, 0) is 4.74 Å². The molecule has 0 bridgehead atoms. The van der Waals surface area contributed by atoms with Gasteiger partial charge in [0.15, 0.2) is 0 Å². The Balaban J connectivity index is 2.42. The highest BCUT2D eigenvalue weighted by atomic mass is 16.5. The zero-order chi connectivity index (χ0) is 13.4. The topological polar surface area (TPSA) is 24.5 Å². The minimum atomic E-state index is 0.408. The molecule has 0 aromatic rings. The molecule has 2 atom stereocenters. The Bertz CT molecular complexity index is 221. The summed E-state index contributed by atoms with van der Waals surface area (Å²) in [5.74, 6) is 0.740. The molecule has 0 aromatic carbocycles. The van der Waals surface area contributed by atoms with Crippen LogP contribution >= 0.6 is 0 Å². The lowest BCUT2D eigenvalue weighted by Crippen LogP contribution is -2.46.